The molecule has 0 fully saturated rings. The number of unbranched alkanes of at least 4 members (excludes halogenated alkanes) is 7. The molecular weight excluding hydrogens is 184 g/mol. The zero-order chi connectivity index (χ0) is 10.8. The summed E-state index contributed by atoms with van der Waals surface area (Å²) >= 11 is 0. The van der Waals surface area contributed by atoms with E-state index in [1.165, 1.54) is 51.4 Å². The van der Waals surface area contributed by atoms with Gasteiger partial charge in [-0.3, -0.25) is 0 Å². The van der Waals surface area contributed by atoms with Gasteiger partial charge in [-0.25, -0.2) is 0 Å². The Labute approximate surface area is 93.8 Å². The molecule has 0 aromatic rings. The summed E-state index contributed by atoms with van der Waals surface area (Å²) in [5.74, 6) is 0. The Hall–Kier alpha value is -0.790. The van der Waals surface area contributed by atoms with Crippen LogP contribution in [0.25, 0.3) is 0 Å². The molecule has 1 aliphatic rings. The summed E-state index contributed by atoms with van der Waals surface area (Å²) < 4.78 is 0. The van der Waals surface area contributed by atoms with Gasteiger partial charge in [0.15, 0.2) is 0 Å². The lowest BCUT2D eigenvalue weighted by atomic mass is 10.1. The van der Waals surface area contributed by atoms with Crippen molar-refractivity contribution < 1.29 is 0 Å². The zero-order valence-corrected chi connectivity index (χ0v) is 9.91. The van der Waals surface area contributed by atoms with Crippen molar-refractivity contribution in [2.24, 2.45) is 5.10 Å². The van der Waals surface area contributed by atoms with Crippen LogP contribution >= 0.6 is 0 Å². The molecule has 0 atom stereocenters. The van der Waals surface area contributed by atoms with Crippen LogP contribution in [-0.2, 0) is 0 Å². The standard InChI is InChI=1S/C13H23N2/c1-2-3-4-5-6-7-8-9-10-13-11-12-14-15-13/h11-12H,2-10H2,1H3. The topological polar surface area (TPSA) is 26.5 Å². The first-order valence-corrected chi connectivity index (χ1v) is 6.36. The molecule has 0 spiro atoms. The van der Waals surface area contributed by atoms with Crippen molar-refractivity contribution >= 4 is 5.71 Å². The summed E-state index contributed by atoms with van der Waals surface area (Å²) in [7, 11) is 0. The predicted molar refractivity (Wildman–Crippen MR) is 65.9 cm³/mol. The Morgan fingerprint density at radius 2 is 1.60 bits per heavy atom. The van der Waals surface area contributed by atoms with Gasteiger partial charge in [0, 0.05) is 0 Å². The van der Waals surface area contributed by atoms with Gasteiger partial charge in [0.2, 0.25) is 0 Å². The average Bonchev–Trinajstić information content (AvgIpc) is 2.75. The lowest BCUT2D eigenvalue weighted by Crippen LogP contribution is -1.91. The lowest BCUT2D eigenvalue weighted by Gasteiger charge is -2.00. The molecule has 0 saturated carbocycles. The van der Waals surface area contributed by atoms with E-state index in [0.717, 1.165) is 12.1 Å². The van der Waals surface area contributed by atoms with Crippen LogP contribution in [0.15, 0.2) is 17.4 Å². The average molecular weight is 207 g/mol. The largest absolute Gasteiger partial charge is 0.159 e. The highest BCUT2D eigenvalue weighted by Crippen LogP contribution is 2.10. The molecule has 0 unspecified atom stereocenters. The monoisotopic (exact) mass is 207 g/mol. The van der Waals surface area contributed by atoms with Crippen LogP contribution in [0.3, 0.4) is 0 Å². The Balaban J connectivity index is 1.79. The van der Waals surface area contributed by atoms with E-state index < -0.39 is 0 Å². The van der Waals surface area contributed by atoms with Crippen molar-refractivity contribution in [3.05, 3.63) is 12.3 Å². The van der Waals surface area contributed by atoms with E-state index >= 15 is 0 Å². The van der Waals surface area contributed by atoms with Crippen LogP contribution in [0.2, 0.25) is 0 Å². The van der Waals surface area contributed by atoms with Gasteiger partial charge in [-0.15, -0.1) is 0 Å². The van der Waals surface area contributed by atoms with Crippen LogP contribution in [0.1, 0.15) is 64.7 Å². The highest BCUT2D eigenvalue weighted by Gasteiger charge is 1.99. The lowest BCUT2D eigenvalue weighted by molar-refractivity contribution is 0.580. The molecule has 85 valence electrons. The summed E-state index contributed by atoms with van der Waals surface area (Å²) in [6.07, 6.45) is 15.9. The number of nitrogens with zero attached hydrogens (tertiary/aromatic N) is 2. The van der Waals surface area contributed by atoms with Crippen molar-refractivity contribution in [2.45, 2.75) is 64.7 Å². The Bertz CT molecular complexity index is 207. The van der Waals surface area contributed by atoms with Crippen LogP contribution in [0, 0.1) is 0 Å². The van der Waals surface area contributed by atoms with E-state index in [1.54, 1.807) is 6.20 Å². The van der Waals surface area contributed by atoms with E-state index in [4.69, 9.17) is 0 Å². The highest BCUT2D eigenvalue weighted by molar-refractivity contribution is 5.95. The molecule has 0 saturated heterocycles. The third-order valence-electron chi connectivity index (χ3n) is 2.81. The Morgan fingerprint density at radius 3 is 2.20 bits per heavy atom. The van der Waals surface area contributed by atoms with Crippen LogP contribution in [-0.4, -0.2) is 5.71 Å². The SMILES string of the molecule is CCCCCCCCCCC1=N[N]C=C1. The predicted octanol–water partition coefficient (Wildman–Crippen LogP) is 4.00. The molecule has 0 aromatic heterocycles. The zero-order valence-electron chi connectivity index (χ0n) is 9.91. The molecule has 0 aliphatic carbocycles. The van der Waals surface area contributed by atoms with Gasteiger partial charge in [-0.2, -0.15) is 10.5 Å². The number of allylic oxidation sites excluding steroid dienone is 1. The fourth-order valence-electron chi connectivity index (χ4n) is 1.83. The van der Waals surface area contributed by atoms with Crippen molar-refractivity contribution in [1.29, 1.82) is 0 Å². The first-order valence-electron chi connectivity index (χ1n) is 6.36. The maximum Gasteiger partial charge on any atom is 0.0646 e. The molecule has 1 radical (unpaired) electrons. The molecule has 0 bridgehead atoms. The minimum Gasteiger partial charge on any atom is -0.159 e. The number of hydrogen-bond donors (Lipinski definition) is 0. The van der Waals surface area contributed by atoms with Crippen LogP contribution in [0.5, 0.6) is 0 Å². The van der Waals surface area contributed by atoms with Gasteiger partial charge in [0.05, 0.1) is 11.9 Å². The molecule has 2 heteroatoms. The molecule has 15 heavy (non-hydrogen) atoms. The second kappa shape index (κ2) is 8.51. The van der Waals surface area contributed by atoms with Gasteiger partial charge < -0.3 is 0 Å². The molecule has 1 aliphatic heterocycles. The molecule has 0 N–H and O–H groups in total. The van der Waals surface area contributed by atoms with E-state index in [1.807, 2.05) is 6.08 Å². The summed E-state index contributed by atoms with van der Waals surface area (Å²) in [5, 5.41) is 4.02. The van der Waals surface area contributed by atoms with Gasteiger partial charge in [-0.05, 0) is 18.9 Å². The molecular formula is C13H23N2. The van der Waals surface area contributed by atoms with Gasteiger partial charge in [0.25, 0.3) is 0 Å². The van der Waals surface area contributed by atoms with E-state index in [9.17, 15) is 0 Å². The summed E-state index contributed by atoms with van der Waals surface area (Å²) in [6, 6.07) is 0. The third-order valence-corrected chi connectivity index (χ3v) is 2.81. The summed E-state index contributed by atoms with van der Waals surface area (Å²) in [5.41, 5.74) is 4.97. The van der Waals surface area contributed by atoms with E-state index in [-0.39, 0.29) is 0 Å². The maximum atomic E-state index is 4.02. The first kappa shape index (κ1) is 12.3. The molecule has 1 heterocycles. The fraction of sp³-hybridized carbons (Fsp3) is 0.769. The third kappa shape index (κ3) is 6.32. The van der Waals surface area contributed by atoms with Gasteiger partial charge in [0.1, 0.15) is 0 Å². The highest BCUT2D eigenvalue weighted by atomic mass is 15.3. The van der Waals surface area contributed by atoms with E-state index in [0.29, 0.717) is 0 Å². The molecule has 2 nitrogen and oxygen atoms in total. The minimum absolute atomic E-state index is 1.11. The van der Waals surface area contributed by atoms with Crippen LogP contribution < -0.4 is 5.43 Å². The van der Waals surface area contributed by atoms with Crippen molar-refractivity contribution in [3.63, 3.8) is 0 Å². The minimum atomic E-state index is 1.11. The summed E-state index contributed by atoms with van der Waals surface area (Å²) in [4.78, 5) is 0. The smallest absolute Gasteiger partial charge is 0.0646 e. The van der Waals surface area contributed by atoms with Gasteiger partial charge in [-0.1, -0.05) is 51.9 Å². The van der Waals surface area contributed by atoms with E-state index in [2.05, 4.69) is 17.5 Å². The molecule has 0 aromatic carbocycles. The maximum absolute atomic E-state index is 4.02. The molecule has 1 rings (SSSR count). The second-order valence-electron chi connectivity index (χ2n) is 4.25. The normalized spacial score (nSPS) is 14.1. The number of rotatable bonds is 9. The molecule has 0 amide bonds. The summed E-state index contributed by atoms with van der Waals surface area (Å²) in [6.45, 7) is 2.26. The van der Waals surface area contributed by atoms with Crippen molar-refractivity contribution in [1.82, 2.24) is 5.43 Å². The van der Waals surface area contributed by atoms with Crippen molar-refractivity contribution in [3.8, 4) is 0 Å². The van der Waals surface area contributed by atoms with Crippen LogP contribution in [0.4, 0.5) is 0 Å². The van der Waals surface area contributed by atoms with Gasteiger partial charge >= 0.3 is 0 Å². The fourth-order valence-corrected chi connectivity index (χ4v) is 1.83. The quantitative estimate of drug-likeness (QED) is 0.511. The Kier molecular flexibility index (Phi) is 6.97. The first-order chi connectivity index (χ1) is 7.43. The number of hydrogen-bond acceptors (Lipinski definition) is 1. The van der Waals surface area contributed by atoms with Crippen molar-refractivity contribution in [2.75, 3.05) is 0 Å². The Morgan fingerprint density at radius 1 is 0.933 bits per heavy atom. The second-order valence-corrected chi connectivity index (χ2v) is 4.25.